The molecule has 2 heterocycles. The molecule has 1 aliphatic heterocycles. The van der Waals surface area contributed by atoms with Gasteiger partial charge in [0, 0.05) is 12.7 Å². The van der Waals surface area contributed by atoms with E-state index in [1.54, 1.807) is 18.3 Å². The van der Waals surface area contributed by atoms with E-state index in [0.717, 1.165) is 11.1 Å². The summed E-state index contributed by atoms with van der Waals surface area (Å²) in [5.41, 5.74) is 0.470. The highest BCUT2D eigenvalue weighted by atomic mass is 16.5. The molecule has 3 rings (SSSR count). The summed E-state index contributed by atoms with van der Waals surface area (Å²) in [6, 6.07) is 11.1. The van der Waals surface area contributed by atoms with Crippen LogP contribution in [-0.2, 0) is 16.1 Å². The van der Waals surface area contributed by atoms with Crippen molar-refractivity contribution in [1.29, 1.82) is 0 Å². The highest BCUT2D eigenvalue weighted by Gasteiger charge is 2.47. The van der Waals surface area contributed by atoms with E-state index in [1.165, 1.54) is 6.92 Å². The van der Waals surface area contributed by atoms with Crippen LogP contribution < -0.4 is 15.4 Å². The second-order valence-corrected chi connectivity index (χ2v) is 5.61. The molecule has 0 saturated heterocycles. The fraction of sp³-hybridized carbons (Fsp3) is 0.235. The van der Waals surface area contributed by atoms with E-state index in [0.29, 0.717) is 18.1 Å². The molecule has 0 radical (unpaired) electrons. The summed E-state index contributed by atoms with van der Waals surface area (Å²) < 4.78 is 5.61. The fourth-order valence-corrected chi connectivity index (χ4v) is 2.27. The molecule has 2 aromatic rings. The number of amides is 2. The minimum absolute atomic E-state index is 0.321. The molecule has 0 bridgehead atoms. The number of pyridine rings is 1. The average molecular weight is 311 g/mol. The van der Waals surface area contributed by atoms with Gasteiger partial charge in [0.05, 0.1) is 0 Å². The zero-order chi connectivity index (χ0) is 16.4. The molecule has 6 heteroatoms. The van der Waals surface area contributed by atoms with E-state index < -0.39 is 17.4 Å². The Hall–Kier alpha value is -2.89. The Morgan fingerprint density at radius 2 is 2.04 bits per heavy atom. The number of ether oxygens (including phenoxy) is 1. The number of fused-ring (bicyclic) bond motifs is 1. The van der Waals surface area contributed by atoms with Crippen LogP contribution in [0.15, 0.2) is 42.6 Å². The van der Waals surface area contributed by atoms with Crippen LogP contribution in [0.5, 0.6) is 5.75 Å². The van der Waals surface area contributed by atoms with E-state index in [9.17, 15) is 9.59 Å². The zero-order valence-electron chi connectivity index (χ0n) is 12.9. The summed E-state index contributed by atoms with van der Waals surface area (Å²) in [4.78, 5) is 28.7. The molecule has 1 unspecified atom stereocenters. The van der Waals surface area contributed by atoms with Crippen molar-refractivity contribution in [2.75, 3.05) is 5.32 Å². The van der Waals surface area contributed by atoms with Crippen molar-refractivity contribution in [1.82, 2.24) is 10.3 Å². The lowest BCUT2D eigenvalue weighted by Gasteiger charge is -2.32. The number of aromatic nitrogens is 1. The number of carbonyl (C=O) groups is 2. The topological polar surface area (TPSA) is 80.3 Å². The fourth-order valence-electron chi connectivity index (χ4n) is 2.27. The Bertz CT molecular complexity index is 758. The minimum Gasteiger partial charge on any atom is -0.464 e. The second kappa shape index (κ2) is 5.72. The second-order valence-electron chi connectivity index (χ2n) is 5.61. The van der Waals surface area contributed by atoms with Crippen LogP contribution in [0, 0.1) is 6.92 Å². The molecule has 0 aliphatic carbocycles. The zero-order valence-corrected chi connectivity index (χ0v) is 12.9. The third-order valence-electron chi connectivity index (χ3n) is 3.76. The first-order valence-electron chi connectivity index (χ1n) is 7.28. The Kier molecular flexibility index (Phi) is 3.73. The predicted octanol–water partition coefficient (Wildman–Crippen LogP) is 1.80. The Balaban J connectivity index is 1.73. The molecule has 23 heavy (non-hydrogen) atoms. The first-order valence-corrected chi connectivity index (χ1v) is 7.28. The van der Waals surface area contributed by atoms with E-state index in [4.69, 9.17) is 4.74 Å². The Morgan fingerprint density at radius 1 is 1.30 bits per heavy atom. The van der Waals surface area contributed by atoms with Crippen LogP contribution in [0.3, 0.4) is 0 Å². The van der Waals surface area contributed by atoms with Crippen molar-refractivity contribution >= 4 is 17.6 Å². The van der Waals surface area contributed by atoms with Gasteiger partial charge < -0.3 is 15.4 Å². The molecule has 1 aromatic carbocycles. The Morgan fingerprint density at radius 3 is 2.78 bits per heavy atom. The van der Waals surface area contributed by atoms with Gasteiger partial charge in [-0.15, -0.1) is 0 Å². The van der Waals surface area contributed by atoms with Crippen LogP contribution in [0.2, 0.25) is 0 Å². The molecular weight excluding hydrogens is 294 g/mol. The van der Waals surface area contributed by atoms with Crippen LogP contribution in [0.25, 0.3) is 0 Å². The maximum atomic E-state index is 12.5. The average Bonchev–Trinajstić information content (AvgIpc) is 2.55. The van der Waals surface area contributed by atoms with Gasteiger partial charge in [0.15, 0.2) is 11.6 Å². The number of hydrogen-bond acceptors (Lipinski definition) is 4. The number of anilines is 1. The smallest absolute Gasteiger partial charge is 0.279 e. The van der Waals surface area contributed by atoms with Crippen LogP contribution in [0.1, 0.15) is 18.1 Å². The molecule has 2 amide bonds. The molecule has 0 spiro atoms. The van der Waals surface area contributed by atoms with Gasteiger partial charge in [-0.25, -0.2) is 4.98 Å². The highest BCUT2D eigenvalue weighted by molar-refractivity contribution is 6.15. The van der Waals surface area contributed by atoms with Crippen LogP contribution >= 0.6 is 0 Å². The lowest BCUT2D eigenvalue weighted by molar-refractivity contribution is -0.146. The van der Waals surface area contributed by atoms with Crippen molar-refractivity contribution in [2.24, 2.45) is 0 Å². The third-order valence-corrected chi connectivity index (χ3v) is 3.76. The number of aryl methyl sites for hydroxylation is 1. The standard InChI is InChI=1S/C17H17N3O3/c1-11-5-7-12(8-6-11)10-19-15(21)17(2)16(22)20-14-13(23-17)4-3-9-18-14/h3-9H,10H2,1-2H3,(H,19,21)(H,18,20,22). The van der Waals surface area contributed by atoms with Gasteiger partial charge in [-0.3, -0.25) is 9.59 Å². The van der Waals surface area contributed by atoms with Crippen molar-refractivity contribution in [3.05, 3.63) is 53.7 Å². The molecule has 0 saturated carbocycles. The maximum absolute atomic E-state index is 12.5. The highest BCUT2D eigenvalue weighted by Crippen LogP contribution is 2.31. The quantitative estimate of drug-likeness (QED) is 0.847. The summed E-state index contributed by atoms with van der Waals surface area (Å²) in [6.07, 6.45) is 1.54. The number of rotatable bonds is 3. The summed E-state index contributed by atoms with van der Waals surface area (Å²) >= 11 is 0. The predicted molar refractivity (Wildman–Crippen MR) is 84.9 cm³/mol. The van der Waals surface area contributed by atoms with Crippen LogP contribution in [0.4, 0.5) is 5.82 Å². The number of hydrogen-bond donors (Lipinski definition) is 2. The van der Waals surface area contributed by atoms with Gasteiger partial charge in [-0.05, 0) is 31.5 Å². The number of nitrogens with zero attached hydrogens (tertiary/aromatic N) is 1. The summed E-state index contributed by atoms with van der Waals surface area (Å²) in [7, 11) is 0. The van der Waals surface area contributed by atoms with Gasteiger partial charge in [-0.2, -0.15) is 0 Å². The van der Waals surface area contributed by atoms with Crippen molar-refractivity contribution in [3.8, 4) is 5.75 Å². The van der Waals surface area contributed by atoms with Gasteiger partial charge in [0.2, 0.25) is 0 Å². The SMILES string of the molecule is Cc1ccc(CNC(=O)C2(C)Oc3cccnc3NC2=O)cc1. The maximum Gasteiger partial charge on any atom is 0.279 e. The normalized spacial score (nSPS) is 19.3. The lowest BCUT2D eigenvalue weighted by atomic mass is 10.0. The minimum atomic E-state index is -1.62. The van der Waals surface area contributed by atoms with Crippen molar-refractivity contribution in [2.45, 2.75) is 26.0 Å². The molecule has 6 nitrogen and oxygen atoms in total. The van der Waals surface area contributed by atoms with Crippen LogP contribution in [-0.4, -0.2) is 22.4 Å². The monoisotopic (exact) mass is 311 g/mol. The molecule has 1 aliphatic rings. The first kappa shape index (κ1) is 15.0. The van der Waals surface area contributed by atoms with Crippen molar-refractivity contribution < 1.29 is 14.3 Å². The van der Waals surface area contributed by atoms with Gasteiger partial charge >= 0.3 is 0 Å². The van der Waals surface area contributed by atoms with Crippen molar-refractivity contribution in [3.63, 3.8) is 0 Å². The van der Waals surface area contributed by atoms with E-state index >= 15 is 0 Å². The van der Waals surface area contributed by atoms with Gasteiger partial charge in [-0.1, -0.05) is 29.8 Å². The summed E-state index contributed by atoms with van der Waals surface area (Å²) in [6.45, 7) is 3.77. The molecule has 2 N–H and O–H groups in total. The summed E-state index contributed by atoms with van der Waals surface area (Å²) in [5, 5.41) is 5.35. The Labute approximate surface area is 133 Å². The molecular formula is C17H17N3O3. The molecule has 1 aromatic heterocycles. The number of carbonyl (C=O) groups excluding carboxylic acids is 2. The summed E-state index contributed by atoms with van der Waals surface area (Å²) in [5.74, 6) is -0.337. The third kappa shape index (κ3) is 2.88. The molecule has 118 valence electrons. The number of benzene rings is 1. The first-order chi connectivity index (χ1) is 11.0. The van der Waals surface area contributed by atoms with E-state index in [1.807, 2.05) is 31.2 Å². The van der Waals surface area contributed by atoms with E-state index in [2.05, 4.69) is 15.6 Å². The van der Waals surface area contributed by atoms with Gasteiger partial charge in [0.1, 0.15) is 0 Å². The lowest BCUT2D eigenvalue weighted by Crippen LogP contribution is -2.58. The van der Waals surface area contributed by atoms with E-state index in [-0.39, 0.29) is 0 Å². The van der Waals surface area contributed by atoms with Gasteiger partial charge in [0.25, 0.3) is 17.4 Å². The largest absolute Gasteiger partial charge is 0.464 e. The number of nitrogens with one attached hydrogen (secondary N) is 2. The molecule has 1 atom stereocenters. The molecule has 0 fully saturated rings.